The first kappa shape index (κ1) is 44.4. The topological polar surface area (TPSA) is 50.9 Å². The number of aromatic nitrogens is 3. The van der Waals surface area contributed by atoms with Crippen LogP contribution in [0.15, 0.2) is 140 Å². The number of para-hydroxylation sites is 1. The Bertz CT molecular complexity index is 3000. The average molecular weight is 844 g/mol. The lowest BCUT2D eigenvalue weighted by atomic mass is 9.81. The minimum absolute atomic E-state index is 0.0213. The molecule has 326 valence electrons. The molecule has 0 saturated heterocycles. The Morgan fingerprint density at radius 2 is 1.12 bits per heavy atom. The van der Waals surface area contributed by atoms with E-state index in [1.165, 1.54) is 22.3 Å². The Labute approximate surface area is 382 Å². The van der Waals surface area contributed by atoms with Gasteiger partial charge >= 0.3 is 0 Å². The molecule has 4 nitrogen and oxygen atoms in total. The van der Waals surface area contributed by atoms with Crippen LogP contribution in [0.4, 0.5) is 0 Å². The monoisotopic (exact) mass is 844 g/mol. The minimum Gasteiger partial charge on any atom is -0.507 e. The second-order valence-corrected chi connectivity index (χ2v) is 21.5. The molecule has 0 spiro atoms. The van der Waals surface area contributed by atoms with Crippen molar-refractivity contribution in [3.63, 3.8) is 0 Å². The number of fused-ring (bicyclic) bond motifs is 1. The first-order chi connectivity index (χ1) is 30.1. The molecule has 0 unspecified atom stereocenters. The largest absolute Gasteiger partial charge is 0.507 e. The van der Waals surface area contributed by atoms with E-state index in [0.717, 1.165) is 73.3 Å². The average Bonchev–Trinajstić information content (AvgIpc) is 3.65. The Morgan fingerprint density at radius 1 is 0.500 bits per heavy atom. The molecule has 2 aromatic heterocycles. The molecule has 0 aliphatic heterocycles. The van der Waals surface area contributed by atoms with Crippen molar-refractivity contribution in [2.75, 3.05) is 0 Å². The van der Waals surface area contributed by atoms with Crippen molar-refractivity contribution in [1.29, 1.82) is 0 Å². The maximum atomic E-state index is 12.1. The highest BCUT2D eigenvalue weighted by Crippen LogP contribution is 2.44. The molecule has 8 aromatic rings. The Morgan fingerprint density at radius 3 is 1.78 bits per heavy atom. The number of phenolic OH excluding ortho intramolecular Hbond substituents is 1. The first-order valence-electron chi connectivity index (χ1n) is 22.9. The van der Waals surface area contributed by atoms with Gasteiger partial charge < -0.3 is 5.11 Å². The molecule has 64 heavy (non-hydrogen) atoms. The fourth-order valence-electron chi connectivity index (χ4n) is 8.64. The highest BCUT2D eigenvalue weighted by Gasteiger charge is 2.27. The summed E-state index contributed by atoms with van der Waals surface area (Å²) in [7, 11) is 0. The summed E-state index contributed by atoms with van der Waals surface area (Å²) in [5.74, 6) is 0.944. The zero-order valence-corrected chi connectivity index (χ0v) is 40.3. The van der Waals surface area contributed by atoms with Gasteiger partial charge in [0.1, 0.15) is 11.6 Å². The maximum absolute atomic E-state index is 12.1. The van der Waals surface area contributed by atoms with E-state index in [2.05, 4.69) is 221 Å². The summed E-state index contributed by atoms with van der Waals surface area (Å²) in [4.78, 5) is 10.6. The molecule has 0 bridgehead atoms. The van der Waals surface area contributed by atoms with E-state index in [4.69, 9.17) is 9.97 Å². The smallest absolute Gasteiger partial charge is 0.149 e. The van der Waals surface area contributed by atoms with Crippen LogP contribution in [0.5, 0.6) is 5.75 Å². The molecule has 0 fully saturated rings. The standard InChI is InChI=1S/C60H65N3O/c1-14-60(12,13)45-27-28-52(49(36-45)40-19-16-15-17-20-40)63-53-22-18-21-48(54(53)62-56(63)50-37-46(58(6,7)8)31-38(2)55(50)64)42-32-43(34-47(33-42)59(9,10)11)51-35-41(29-30-61-51)39-23-25-44(26-24-39)57(3,4)5/h15-37,64H,14H2,1-13H3. The highest BCUT2D eigenvalue weighted by atomic mass is 16.3. The van der Waals surface area contributed by atoms with Crippen LogP contribution in [-0.2, 0) is 21.7 Å². The third-order valence-corrected chi connectivity index (χ3v) is 13.3. The van der Waals surface area contributed by atoms with Gasteiger partial charge in [0.05, 0.1) is 28.0 Å². The molecule has 0 atom stereocenters. The molecule has 0 amide bonds. The molecule has 2 heterocycles. The van der Waals surface area contributed by atoms with Gasteiger partial charge in [-0.3, -0.25) is 9.55 Å². The van der Waals surface area contributed by atoms with Crippen molar-refractivity contribution in [3.05, 3.63) is 167 Å². The predicted molar refractivity (Wildman–Crippen MR) is 272 cm³/mol. The summed E-state index contributed by atoms with van der Waals surface area (Å²) >= 11 is 0. The third-order valence-electron chi connectivity index (χ3n) is 13.3. The molecule has 6 aromatic carbocycles. The Hall–Kier alpha value is -6.26. The fourth-order valence-corrected chi connectivity index (χ4v) is 8.64. The second-order valence-electron chi connectivity index (χ2n) is 21.5. The normalized spacial score (nSPS) is 12.6. The van der Waals surface area contributed by atoms with Gasteiger partial charge in [-0.1, -0.05) is 168 Å². The number of imidazole rings is 1. The maximum Gasteiger partial charge on any atom is 0.149 e. The number of pyridine rings is 1. The van der Waals surface area contributed by atoms with Crippen molar-refractivity contribution < 1.29 is 5.11 Å². The van der Waals surface area contributed by atoms with Gasteiger partial charge in [0, 0.05) is 22.9 Å². The van der Waals surface area contributed by atoms with Gasteiger partial charge in [0.2, 0.25) is 0 Å². The SMILES string of the molecule is CCC(C)(C)c1ccc(-n2c(-c3cc(C(C)(C)C)cc(C)c3O)nc3c(-c4cc(-c5cc(-c6ccc(C(C)(C)C)cc6)ccn5)cc(C(C)(C)C)c4)cccc32)c(-c2ccccc2)c1. The second kappa shape index (κ2) is 16.4. The van der Waals surface area contributed by atoms with Gasteiger partial charge in [0.15, 0.2) is 0 Å². The lowest BCUT2D eigenvalue weighted by molar-refractivity contribution is 0.471. The zero-order valence-electron chi connectivity index (χ0n) is 40.3. The van der Waals surface area contributed by atoms with E-state index in [1.54, 1.807) is 0 Å². The van der Waals surface area contributed by atoms with Crippen molar-refractivity contribution in [3.8, 4) is 67.5 Å². The number of rotatable bonds is 8. The predicted octanol–water partition coefficient (Wildman–Crippen LogP) is 16.3. The quantitative estimate of drug-likeness (QED) is 0.166. The molecule has 1 N–H and O–H groups in total. The van der Waals surface area contributed by atoms with Crippen molar-refractivity contribution in [2.45, 2.75) is 118 Å². The summed E-state index contributed by atoms with van der Waals surface area (Å²) in [5.41, 5.74) is 17.7. The van der Waals surface area contributed by atoms with Gasteiger partial charge in [-0.15, -0.1) is 0 Å². The Kier molecular flexibility index (Phi) is 11.4. The van der Waals surface area contributed by atoms with Crippen molar-refractivity contribution in [1.82, 2.24) is 14.5 Å². The molecule has 4 heteroatoms. The summed E-state index contributed by atoms with van der Waals surface area (Å²) in [6.07, 6.45) is 2.94. The van der Waals surface area contributed by atoms with Crippen LogP contribution >= 0.6 is 0 Å². The van der Waals surface area contributed by atoms with Crippen LogP contribution in [0, 0.1) is 6.92 Å². The molecule has 0 radical (unpaired) electrons. The molecule has 8 rings (SSSR count). The number of hydrogen-bond acceptors (Lipinski definition) is 3. The van der Waals surface area contributed by atoms with Crippen molar-refractivity contribution >= 4 is 11.0 Å². The van der Waals surface area contributed by atoms with Crippen LogP contribution in [-0.4, -0.2) is 19.6 Å². The van der Waals surface area contributed by atoms with Crippen LogP contribution in [0.2, 0.25) is 0 Å². The van der Waals surface area contributed by atoms with Crippen LogP contribution in [0.25, 0.3) is 72.7 Å². The van der Waals surface area contributed by atoms with E-state index in [0.29, 0.717) is 11.4 Å². The molecular weight excluding hydrogens is 779 g/mol. The van der Waals surface area contributed by atoms with E-state index in [1.807, 2.05) is 13.1 Å². The van der Waals surface area contributed by atoms with Crippen LogP contribution in [0.3, 0.4) is 0 Å². The first-order valence-corrected chi connectivity index (χ1v) is 22.9. The van der Waals surface area contributed by atoms with E-state index in [-0.39, 0.29) is 27.4 Å². The molecule has 0 aliphatic rings. The summed E-state index contributed by atoms with van der Waals surface area (Å²) < 4.78 is 2.29. The number of aromatic hydroxyl groups is 1. The summed E-state index contributed by atoms with van der Waals surface area (Å²) in [6, 6.07) is 48.5. The molecular formula is C60H65N3O. The summed E-state index contributed by atoms with van der Waals surface area (Å²) in [6.45, 7) is 29.1. The lowest BCUT2D eigenvalue weighted by Crippen LogP contribution is -2.16. The molecule has 0 aliphatic carbocycles. The summed E-state index contributed by atoms with van der Waals surface area (Å²) in [5, 5.41) is 12.1. The van der Waals surface area contributed by atoms with Crippen molar-refractivity contribution in [2.24, 2.45) is 0 Å². The highest BCUT2D eigenvalue weighted by molar-refractivity contribution is 5.98. The fraction of sp³-hybridized carbons (Fsp3) is 0.300. The Balaban J connectivity index is 1.40. The van der Waals surface area contributed by atoms with Gasteiger partial charge in [-0.05, 0) is 134 Å². The number of aryl methyl sites for hydroxylation is 1. The van der Waals surface area contributed by atoms with Gasteiger partial charge in [0.25, 0.3) is 0 Å². The van der Waals surface area contributed by atoms with Gasteiger partial charge in [-0.2, -0.15) is 0 Å². The van der Waals surface area contributed by atoms with Crippen LogP contribution in [0.1, 0.15) is 117 Å². The lowest BCUT2D eigenvalue weighted by Gasteiger charge is -2.26. The number of hydrogen-bond donors (Lipinski definition) is 1. The number of phenols is 1. The van der Waals surface area contributed by atoms with Gasteiger partial charge in [-0.25, -0.2) is 4.98 Å². The zero-order chi connectivity index (χ0) is 45.9. The van der Waals surface area contributed by atoms with E-state index >= 15 is 0 Å². The van der Waals surface area contributed by atoms with Crippen LogP contribution < -0.4 is 0 Å². The third kappa shape index (κ3) is 8.55. The number of benzene rings is 6. The van der Waals surface area contributed by atoms with E-state index < -0.39 is 0 Å². The molecule has 0 saturated carbocycles. The minimum atomic E-state index is -0.150. The number of nitrogens with zero attached hydrogens (tertiary/aromatic N) is 3. The van der Waals surface area contributed by atoms with E-state index in [9.17, 15) is 5.11 Å².